The molecule has 0 spiro atoms. The Kier molecular flexibility index (Phi) is 3.00. The summed E-state index contributed by atoms with van der Waals surface area (Å²) >= 11 is 0. The third kappa shape index (κ3) is 2.48. The van der Waals surface area contributed by atoms with Crippen LogP contribution in [0, 0.1) is 0 Å². The van der Waals surface area contributed by atoms with E-state index in [9.17, 15) is 4.79 Å². The van der Waals surface area contributed by atoms with Crippen molar-refractivity contribution in [3.8, 4) is 5.75 Å². The second-order valence-corrected chi connectivity index (χ2v) is 3.51. The minimum absolute atomic E-state index is 0.0963. The molecule has 16 heavy (non-hydrogen) atoms. The van der Waals surface area contributed by atoms with Crippen LogP contribution in [0.3, 0.4) is 0 Å². The van der Waals surface area contributed by atoms with Gasteiger partial charge in [0.15, 0.2) is 0 Å². The van der Waals surface area contributed by atoms with Crippen molar-refractivity contribution in [3.63, 3.8) is 0 Å². The first-order valence-corrected chi connectivity index (χ1v) is 5.06. The highest BCUT2D eigenvalue weighted by atomic mass is 16.3. The van der Waals surface area contributed by atoms with E-state index in [1.165, 1.54) is 10.9 Å². The summed E-state index contributed by atoms with van der Waals surface area (Å²) in [5, 5.41) is 12.9. The summed E-state index contributed by atoms with van der Waals surface area (Å²) in [5.41, 5.74) is 0.875. The lowest BCUT2D eigenvalue weighted by Crippen LogP contribution is -2.22. The number of benzene rings is 1. The second kappa shape index (κ2) is 4.61. The monoisotopic (exact) mass is 216 g/mol. The average molecular weight is 216 g/mol. The van der Waals surface area contributed by atoms with Crippen molar-refractivity contribution in [1.29, 1.82) is 0 Å². The summed E-state index contributed by atoms with van der Waals surface area (Å²) in [6, 6.07) is 11.0. The Hall–Kier alpha value is -2.10. The van der Waals surface area contributed by atoms with Crippen LogP contribution in [0.4, 0.5) is 0 Å². The number of aromatic nitrogens is 2. The van der Waals surface area contributed by atoms with Crippen LogP contribution >= 0.6 is 0 Å². The Morgan fingerprint density at radius 2 is 2.00 bits per heavy atom. The predicted molar refractivity (Wildman–Crippen MR) is 60.3 cm³/mol. The lowest BCUT2D eigenvalue weighted by atomic mass is 10.1. The van der Waals surface area contributed by atoms with E-state index in [1.54, 1.807) is 0 Å². The molecule has 1 aromatic carbocycles. The van der Waals surface area contributed by atoms with Crippen LogP contribution in [0.2, 0.25) is 0 Å². The van der Waals surface area contributed by atoms with Gasteiger partial charge in [0.25, 0.3) is 5.56 Å². The van der Waals surface area contributed by atoms with Gasteiger partial charge >= 0.3 is 0 Å². The average Bonchev–Trinajstić information content (AvgIpc) is 2.29. The van der Waals surface area contributed by atoms with Gasteiger partial charge in [-0.25, -0.2) is 4.68 Å². The fraction of sp³-hybridized carbons (Fsp3) is 0.167. The molecule has 0 aliphatic heterocycles. The molecule has 0 aliphatic carbocycles. The van der Waals surface area contributed by atoms with Crippen molar-refractivity contribution >= 4 is 0 Å². The maximum absolute atomic E-state index is 11.4. The molecule has 4 heteroatoms. The van der Waals surface area contributed by atoms with Crippen LogP contribution in [0.25, 0.3) is 0 Å². The van der Waals surface area contributed by atoms with E-state index >= 15 is 0 Å². The zero-order valence-electron chi connectivity index (χ0n) is 8.71. The lowest BCUT2D eigenvalue weighted by molar-refractivity contribution is 0.458. The van der Waals surface area contributed by atoms with E-state index in [-0.39, 0.29) is 11.3 Å². The van der Waals surface area contributed by atoms with Crippen LogP contribution in [-0.4, -0.2) is 14.9 Å². The largest absolute Gasteiger partial charge is 0.506 e. The zero-order chi connectivity index (χ0) is 11.4. The van der Waals surface area contributed by atoms with Gasteiger partial charge < -0.3 is 5.11 Å². The Morgan fingerprint density at radius 3 is 2.69 bits per heavy atom. The molecular formula is C12H12N2O2. The Balaban J connectivity index is 2.08. The minimum Gasteiger partial charge on any atom is -0.506 e. The number of aromatic hydroxyl groups is 1. The van der Waals surface area contributed by atoms with Gasteiger partial charge in [-0.3, -0.25) is 4.79 Å². The predicted octanol–water partition coefficient (Wildman–Crippen LogP) is 1.19. The number of aryl methyl sites for hydroxylation is 2. The van der Waals surface area contributed by atoms with E-state index in [2.05, 4.69) is 5.10 Å². The van der Waals surface area contributed by atoms with Crippen LogP contribution in [0.1, 0.15) is 5.56 Å². The van der Waals surface area contributed by atoms with Gasteiger partial charge in [0.1, 0.15) is 5.75 Å². The van der Waals surface area contributed by atoms with Gasteiger partial charge in [-0.15, -0.1) is 0 Å². The van der Waals surface area contributed by atoms with Crippen molar-refractivity contribution < 1.29 is 5.11 Å². The minimum atomic E-state index is -0.282. The summed E-state index contributed by atoms with van der Waals surface area (Å²) in [7, 11) is 0. The molecule has 4 nitrogen and oxygen atoms in total. The summed E-state index contributed by atoms with van der Waals surface area (Å²) in [6.07, 6.45) is 2.02. The lowest BCUT2D eigenvalue weighted by Gasteiger charge is -2.03. The van der Waals surface area contributed by atoms with Crippen molar-refractivity contribution in [2.24, 2.45) is 0 Å². The SMILES string of the molecule is O=c1cc(O)cnn1CCc1ccccc1. The highest BCUT2D eigenvalue weighted by molar-refractivity contribution is 5.15. The van der Waals surface area contributed by atoms with Crippen molar-refractivity contribution in [1.82, 2.24) is 9.78 Å². The molecule has 1 N–H and O–H groups in total. The molecular weight excluding hydrogens is 204 g/mol. The number of hydrogen-bond donors (Lipinski definition) is 1. The Labute approximate surface area is 92.8 Å². The molecule has 1 heterocycles. The molecule has 2 aromatic rings. The maximum atomic E-state index is 11.4. The molecule has 0 saturated carbocycles. The highest BCUT2D eigenvalue weighted by Crippen LogP contribution is 2.01. The van der Waals surface area contributed by atoms with Gasteiger partial charge in [0.2, 0.25) is 0 Å². The van der Waals surface area contributed by atoms with E-state index < -0.39 is 0 Å². The van der Waals surface area contributed by atoms with Crippen LogP contribution < -0.4 is 5.56 Å². The topological polar surface area (TPSA) is 55.1 Å². The third-order valence-electron chi connectivity index (χ3n) is 2.31. The third-order valence-corrected chi connectivity index (χ3v) is 2.31. The molecule has 0 atom stereocenters. The molecule has 0 unspecified atom stereocenters. The standard InChI is InChI=1S/C12H12N2O2/c15-11-8-12(16)14(13-9-11)7-6-10-4-2-1-3-5-10/h1-5,8-9,15H,6-7H2. The molecule has 0 radical (unpaired) electrons. The summed E-state index contributed by atoms with van der Waals surface area (Å²) in [6.45, 7) is 0.517. The first kappa shape index (κ1) is 10.4. The van der Waals surface area contributed by atoms with E-state index in [4.69, 9.17) is 5.11 Å². The molecule has 0 amide bonds. The smallest absolute Gasteiger partial charge is 0.270 e. The van der Waals surface area contributed by atoms with Gasteiger partial charge in [-0.1, -0.05) is 30.3 Å². The number of nitrogens with zero attached hydrogens (tertiary/aromatic N) is 2. The second-order valence-electron chi connectivity index (χ2n) is 3.51. The fourth-order valence-electron chi connectivity index (χ4n) is 1.47. The van der Waals surface area contributed by atoms with Crippen molar-refractivity contribution in [2.45, 2.75) is 13.0 Å². The van der Waals surface area contributed by atoms with Crippen molar-refractivity contribution in [3.05, 3.63) is 58.5 Å². The van der Waals surface area contributed by atoms with E-state index in [0.29, 0.717) is 6.54 Å². The fourth-order valence-corrected chi connectivity index (χ4v) is 1.47. The highest BCUT2D eigenvalue weighted by Gasteiger charge is 1.99. The summed E-state index contributed by atoms with van der Waals surface area (Å²) in [4.78, 5) is 11.4. The van der Waals surface area contributed by atoms with E-state index in [0.717, 1.165) is 18.1 Å². The summed E-state index contributed by atoms with van der Waals surface area (Å²) < 4.78 is 1.34. The van der Waals surface area contributed by atoms with Crippen LogP contribution in [0.15, 0.2) is 47.4 Å². The molecule has 1 aromatic heterocycles. The quantitative estimate of drug-likeness (QED) is 0.838. The first-order chi connectivity index (χ1) is 7.75. The number of hydrogen-bond acceptors (Lipinski definition) is 3. The molecule has 0 aliphatic rings. The molecule has 2 rings (SSSR count). The van der Waals surface area contributed by atoms with Gasteiger partial charge in [-0.2, -0.15) is 5.10 Å². The Morgan fingerprint density at radius 1 is 1.25 bits per heavy atom. The van der Waals surface area contributed by atoms with Gasteiger partial charge in [0.05, 0.1) is 6.20 Å². The zero-order valence-corrected chi connectivity index (χ0v) is 8.71. The van der Waals surface area contributed by atoms with E-state index in [1.807, 2.05) is 30.3 Å². The van der Waals surface area contributed by atoms with Crippen LogP contribution in [0.5, 0.6) is 5.75 Å². The van der Waals surface area contributed by atoms with Crippen LogP contribution in [-0.2, 0) is 13.0 Å². The summed E-state index contributed by atoms with van der Waals surface area (Å²) in [5.74, 6) is -0.0963. The normalized spacial score (nSPS) is 10.2. The first-order valence-electron chi connectivity index (χ1n) is 5.06. The van der Waals surface area contributed by atoms with Gasteiger partial charge in [0, 0.05) is 12.6 Å². The molecule has 0 bridgehead atoms. The number of rotatable bonds is 3. The molecule has 82 valence electrons. The van der Waals surface area contributed by atoms with Gasteiger partial charge in [-0.05, 0) is 12.0 Å². The molecule has 0 saturated heterocycles. The molecule has 0 fully saturated rings. The maximum Gasteiger partial charge on any atom is 0.270 e. The Bertz CT molecular complexity index is 520. The van der Waals surface area contributed by atoms with Crippen molar-refractivity contribution in [2.75, 3.05) is 0 Å².